The molecule has 1 atom stereocenters. The third-order valence-corrected chi connectivity index (χ3v) is 4.21. The Balaban J connectivity index is 1.75. The van der Waals surface area contributed by atoms with Gasteiger partial charge in [-0.05, 0) is 25.8 Å². The second kappa shape index (κ2) is 6.96. The van der Waals surface area contributed by atoms with Crippen LogP contribution in [-0.4, -0.2) is 45.2 Å². The lowest BCUT2D eigenvalue weighted by atomic mass is 9.99. The van der Waals surface area contributed by atoms with Gasteiger partial charge in [0.15, 0.2) is 11.5 Å². The van der Waals surface area contributed by atoms with E-state index in [1.807, 2.05) is 0 Å². The van der Waals surface area contributed by atoms with Gasteiger partial charge in [-0.1, -0.05) is 6.07 Å². The van der Waals surface area contributed by atoms with Gasteiger partial charge in [-0.3, -0.25) is 9.59 Å². The second-order valence-corrected chi connectivity index (χ2v) is 5.90. The summed E-state index contributed by atoms with van der Waals surface area (Å²) in [5.74, 6) is -3.32. The minimum absolute atomic E-state index is 0.00345. The Morgan fingerprint density at radius 3 is 2.64 bits per heavy atom. The summed E-state index contributed by atoms with van der Waals surface area (Å²) >= 11 is 0. The number of anilines is 1. The van der Waals surface area contributed by atoms with Gasteiger partial charge in [0.2, 0.25) is 5.91 Å². The molecule has 2 N–H and O–H groups in total. The minimum Gasteiger partial charge on any atom is -0.337 e. The van der Waals surface area contributed by atoms with Crippen LogP contribution in [0.3, 0.4) is 0 Å². The monoisotopic (exact) mass is 349 g/mol. The molecule has 0 aliphatic carbocycles. The van der Waals surface area contributed by atoms with Crippen molar-refractivity contribution in [3.8, 4) is 0 Å². The van der Waals surface area contributed by atoms with Crippen LogP contribution in [0.1, 0.15) is 41.7 Å². The molecule has 3 rings (SSSR count). The molecule has 25 heavy (non-hydrogen) atoms. The number of nitrogens with zero attached hydrogens (tertiary/aromatic N) is 3. The molecule has 1 aromatic carbocycles. The molecule has 1 aliphatic rings. The largest absolute Gasteiger partial charge is 0.337 e. The van der Waals surface area contributed by atoms with Gasteiger partial charge in [-0.15, -0.1) is 10.2 Å². The van der Waals surface area contributed by atoms with Crippen LogP contribution < -0.4 is 5.32 Å². The number of nitrogens with one attached hydrogen (secondary N) is 2. The maximum atomic E-state index is 13.8. The van der Waals surface area contributed by atoms with Gasteiger partial charge in [-0.2, -0.15) is 5.21 Å². The van der Waals surface area contributed by atoms with E-state index in [0.29, 0.717) is 13.1 Å². The first-order valence-electron chi connectivity index (χ1n) is 7.93. The van der Waals surface area contributed by atoms with E-state index in [0.717, 1.165) is 25.0 Å². The number of carbonyl (C=O) groups is 2. The molecule has 1 aliphatic heterocycles. The third kappa shape index (κ3) is 3.49. The van der Waals surface area contributed by atoms with E-state index in [-0.39, 0.29) is 23.0 Å². The lowest BCUT2D eigenvalue weighted by Gasteiger charge is -2.15. The topological polar surface area (TPSA) is 91.0 Å². The summed E-state index contributed by atoms with van der Waals surface area (Å²) in [6.07, 6.45) is 1.85. The molecule has 0 bridgehead atoms. The Morgan fingerprint density at radius 1 is 1.24 bits per heavy atom. The highest BCUT2D eigenvalue weighted by Crippen LogP contribution is 2.22. The van der Waals surface area contributed by atoms with Gasteiger partial charge in [0.1, 0.15) is 11.6 Å². The predicted molar refractivity (Wildman–Crippen MR) is 84.9 cm³/mol. The fraction of sp³-hybridized carbons (Fsp3) is 0.375. The number of hydrogen-bond donors (Lipinski definition) is 2. The Kier molecular flexibility index (Phi) is 4.73. The summed E-state index contributed by atoms with van der Waals surface area (Å²) in [5.41, 5.74) is 0.0665. The molecule has 0 saturated carbocycles. The Bertz CT molecular complexity index is 802. The molecule has 1 saturated heterocycles. The van der Waals surface area contributed by atoms with Crippen LogP contribution in [-0.2, 0) is 4.79 Å². The third-order valence-electron chi connectivity index (χ3n) is 4.21. The molecule has 2 amide bonds. The highest BCUT2D eigenvalue weighted by atomic mass is 19.1. The maximum absolute atomic E-state index is 13.8. The summed E-state index contributed by atoms with van der Waals surface area (Å²) < 4.78 is 26.8. The molecule has 7 nitrogen and oxygen atoms in total. The number of hydrogen-bond acceptors (Lipinski definition) is 4. The molecule has 9 heteroatoms. The van der Waals surface area contributed by atoms with Crippen LogP contribution >= 0.6 is 0 Å². The van der Waals surface area contributed by atoms with E-state index in [4.69, 9.17) is 0 Å². The van der Waals surface area contributed by atoms with E-state index in [9.17, 15) is 18.4 Å². The zero-order chi connectivity index (χ0) is 18.0. The zero-order valence-corrected chi connectivity index (χ0v) is 13.6. The van der Waals surface area contributed by atoms with E-state index in [1.165, 1.54) is 13.0 Å². The van der Waals surface area contributed by atoms with Gasteiger partial charge < -0.3 is 10.2 Å². The fourth-order valence-electron chi connectivity index (χ4n) is 2.76. The lowest BCUT2D eigenvalue weighted by Crippen LogP contribution is -2.29. The molecule has 2 aromatic rings. The standard InChI is InChI=1S/C16H17F2N5O2/c1-9(11-5-4-10(17)8-12(11)18)15(24)19-14-13(20-22-21-14)16(25)23-6-2-3-7-23/h4-5,8-9H,2-3,6-7H2,1H3,(H2,19,20,21,22,24). The lowest BCUT2D eigenvalue weighted by molar-refractivity contribution is -0.117. The molecule has 132 valence electrons. The fourth-order valence-corrected chi connectivity index (χ4v) is 2.76. The van der Waals surface area contributed by atoms with E-state index in [2.05, 4.69) is 20.7 Å². The van der Waals surface area contributed by atoms with Crippen molar-refractivity contribution >= 4 is 17.6 Å². The average Bonchev–Trinajstić information content (AvgIpc) is 3.25. The minimum atomic E-state index is -0.896. The number of aromatic amines is 1. The van der Waals surface area contributed by atoms with Crippen LogP contribution in [0.15, 0.2) is 18.2 Å². The first-order valence-corrected chi connectivity index (χ1v) is 7.93. The number of likely N-dealkylation sites (tertiary alicyclic amines) is 1. The van der Waals surface area contributed by atoms with Crippen LogP contribution in [0.2, 0.25) is 0 Å². The highest BCUT2D eigenvalue weighted by Gasteiger charge is 2.27. The maximum Gasteiger partial charge on any atom is 0.278 e. The Labute approximate surface area is 142 Å². The summed E-state index contributed by atoms with van der Waals surface area (Å²) in [6.45, 7) is 2.75. The summed E-state index contributed by atoms with van der Waals surface area (Å²) in [5, 5.41) is 12.4. The highest BCUT2D eigenvalue weighted by molar-refractivity contribution is 6.02. The van der Waals surface area contributed by atoms with Crippen molar-refractivity contribution in [1.29, 1.82) is 0 Å². The van der Waals surface area contributed by atoms with Gasteiger partial charge in [-0.25, -0.2) is 8.78 Å². The average molecular weight is 349 g/mol. The summed E-state index contributed by atoms with van der Waals surface area (Å²) in [6, 6.07) is 3.02. The number of amides is 2. The van der Waals surface area contributed by atoms with Crippen LogP contribution in [0.25, 0.3) is 0 Å². The van der Waals surface area contributed by atoms with Crippen molar-refractivity contribution < 1.29 is 18.4 Å². The van der Waals surface area contributed by atoms with Gasteiger partial charge in [0.05, 0.1) is 5.92 Å². The normalized spacial score (nSPS) is 15.2. The van der Waals surface area contributed by atoms with Crippen molar-refractivity contribution in [1.82, 2.24) is 20.3 Å². The van der Waals surface area contributed by atoms with E-state index < -0.39 is 23.5 Å². The number of halogens is 2. The van der Waals surface area contributed by atoms with Crippen molar-refractivity contribution in [2.24, 2.45) is 0 Å². The number of H-pyrrole nitrogens is 1. The molecule has 1 aromatic heterocycles. The molecule has 0 radical (unpaired) electrons. The Hall–Kier alpha value is -2.84. The molecule has 2 heterocycles. The van der Waals surface area contributed by atoms with E-state index >= 15 is 0 Å². The molecule has 1 unspecified atom stereocenters. The van der Waals surface area contributed by atoms with Crippen molar-refractivity contribution in [3.05, 3.63) is 41.1 Å². The number of rotatable bonds is 4. The second-order valence-electron chi connectivity index (χ2n) is 5.90. The van der Waals surface area contributed by atoms with E-state index in [1.54, 1.807) is 4.90 Å². The SMILES string of the molecule is CC(C(=O)Nc1n[nH]nc1C(=O)N1CCCC1)c1ccc(F)cc1F. The number of aromatic nitrogens is 3. The van der Waals surface area contributed by atoms with Crippen molar-refractivity contribution in [2.45, 2.75) is 25.7 Å². The van der Waals surface area contributed by atoms with Crippen LogP contribution in [0.4, 0.5) is 14.6 Å². The quantitative estimate of drug-likeness (QED) is 0.884. The van der Waals surface area contributed by atoms with Gasteiger partial charge in [0, 0.05) is 24.7 Å². The smallest absolute Gasteiger partial charge is 0.278 e. The van der Waals surface area contributed by atoms with Gasteiger partial charge >= 0.3 is 0 Å². The molecule has 1 fully saturated rings. The first kappa shape index (κ1) is 17.0. The molecular weight excluding hydrogens is 332 g/mol. The summed E-state index contributed by atoms with van der Waals surface area (Å²) in [4.78, 5) is 26.4. The van der Waals surface area contributed by atoms with Crippen molar-refractivity contribution in [2.75, 3.05) is 18.4 Å². The number of benzene rings is 1. The van der Waals surface area contributed by atoms with Gasteiger partial charge in [0.25, 0.3) is 5.91 Å². The number of carbonyl (C=O) groups excluding carboxylic acids is 2. The summed E-state index contributed by atoms with van der Waals surface area (Å²) in [7, 11) is 0. The zero-order valence-electron chi connectivity index (χ0n) is 13.6. The van der Waals surface area contributed by atoms with Crippen LogP contribution in [0.5, 0.6) is 0 Å². The van der Waals surface area contributed by atoms with Crippen molar-refractivity contribution in [3.63, 3.8) is 0 Å². The molecular formula is C16H17F2N5O2. The predicted octanol–water partition coefficient (Wildman–Crippen LogP) is 2.06. The van der Waals surface area contributed by atoms with Crippen LogP contribution in [0, 0.1) is 11.6 Å². The first-order chi connectivity index (χ1) is 12.0. The Morgan fingerprint density at radius 2 is 1.96 bits per heavy atom. The molecule has 0 spiro atoms.